The molecule has 0 bridgehead atoms. The molecule has 7 heteroatoms. The molecule has 2 amide bonds. The molecule has 1 atom stereocenters. The van der Waals surface area contributed by atoms with Crippen molar-refractivity contribution in [3.8, 4) is 5.75 Å². The summed E-state index contributed by atoms with van der Waals surface area (Å²) in [5.74, 6) is -0.0487. The van der Waals surface area contributed by atoms with Gasteiger partial charge in [0.05, 0.1) is 13.2 Å². The lowest BCUT2D eigenvalue weighted by Crippen LogP contribution is -2.39. The van der Waals surface area contributed by atoms with Gasteiger partial charge in [-0.15, -0.1) is 0 Å². The number of nitrogens with one attached hydrogen (secondary N) is 1. The molecule has 1 N–H and O–H groups in total. The summed E-state index contributed by atoms with van der Waals surface area (Å²) in [6.07, 6.45) is 5.32. The highest BCUT2D eigenvalue weighted by atomic mass is 19.1. The minimum atomic E-state index is -0.530. The van der Waals surface area contributed by atoms with Crippen LogP contribution in [0.3, 0.4) is 0 Å². The van der Waals surface area contributed by atoms with Crippen molar-refractivity contribution in [3.05, 3.63) is 29.6 Å². The lowest BCUT2D eigenvalue weighted by atomic mass is 9.91. The number of piperidine rings is 1. The van der Waals surface area contributed by atoms with Crippen LogP contribution in [-0.2, 0) is 9.53 Å². The highest BCUT2D eigenvalue weighted by molar-refractivity contribution is 5.94. The third-order valence-corrected chi connectivity index (χ3v) is 5.63. The van der Waals surface area contributed by atoms with Gasteiger partial charge in [0.25, 0.3) is 5.91 Å². The number of nitrogens with zero attached hydrogens (tertiary/aromatic N) is 1. The number of methoxy groups -OCH3 is 1. The Morgan fingerprint density at radius 1 is 1.29 bits per heavy atom. The fourth-order valence-corrected chi connectivity index (χ4v) is 3.86. The minimum Gasteiger partial charge on any atom is -0.494 e. The van der Waals surface area contributed by atoms with Gasteiger partial charge >= 0.3 is 0 Å². The summed E-state index contributed by atoms with van der Waals surface area (Å²) >= 11 is 0. The number of amides is 2. The molecule has 1 aromatic carbocycles. The van der Waals surface area contributed by atoms with E-state index in [0.29, 0.717) is 37.5 Å². The van der Waals surface area contributed by atoms with Gasteiger partial charge in [0.1, 0.15) is 0 Å². The first-order valence-corrected chi connectivity index (χ1v) is 10.1. The summed E-state index contributed by atoms with van der Waals surface area (Å²) < 4.78 is 24.2. The van der Waals surface area contributed by atoms with Crippen LogP contribution in [0.5, 0.6) is 5.75 Å². The first-order valence-electron chi connectivity index (χ1n) is 10.1. The van der Waals surface area contributed by atoms with Gasteiger partial charge in [-0.2, -0.15) is 0 Å². The first kappa shape index (κ1) is 20.6. The van der Waals surface area contributed by atoms with E-state index in [1.165, 1.54) is 19.2 Å². The summed E-state index contributed by atoms with van der Waals surface area (Å²) in [5, 5.41) is 2.95. The number of hydrogen-bond donors (Lipinski definition) is 1. The van der Waals surface area contributed by atoms with Gasteiger partial charge in [-0.05, 0) is 56.2 Å². The normalized spacial score (nSPS) is 20.2. The molecule has 28 heavy (non-hydrogen) atoms. The van der Waals surface area contributed by atoms with E-state index in [1.54, 1.807) is 11.0 Å². The quantitative estimate of drug-likeness (QED) is 0.775. The molecule has 1 unspecified atom stereocenters. The molecular weight excluding hydrogens is 363 g/mol. The van der Waals surface area contributed by atoms with Crippen LogP contribution in [0, 0.1) is 11.7 Å². The standard InChI is InChI=1S/C21H29FN2O4/c1-27-19-6-5-16(13-18(19)22)21(26)24-10-8-15(9-11-24)4-7-20(25)23-14-17-3-2-12-28-17/h5-6,13,15,17H,2-4,7-12,14H2,1H3,(H,23,25). The SMILES string of the molecule is COc1ccc(C(=O)N2CCC(CCC(=O)NCC3CCCO3)CC2)cc1F. The van der Waals surface area contributed by atoms with Gasteiger partial charge in [-0.3, -0.25) is 9.59 Å². The molecule has 1 aromatic rings. The number of carbonyl (C=O) groups excluding carboxylic acids is 2. The van der Waals surface area contributed by atoms with Crippen molar-refractivity contribution in [1.82, 2.24) is 10.2 Å². The molecule has 2 aliphatic rings. The maximum atomic E-state index is 13.8. The summed E-state index contributed by atoms with van der Waals surface area (Å²) in [5.41, 5.74) is 0.338. The molecule has 2 aliphatic heterocycles. The number of benzene rings is 1. The van der Waals surface area contributed by atoms with Crippen LogP contribution in [0.2, 0.25) is 0 Å². The Labute approximate surface area is 165 Å². The molecule has 0 spiro atoms. The van der Waals surface area contributed by atoms with Gasteiger partial charge in [-0.25, -0.2) is 4.39 Å². The molecule has 2 heterocycles. The van der Waals surface area contributed by atoms with Crippen LogP contribution >= 0.6 is 0 Å². The predicted octanol–water partition coefficient (Wildman–Crippen LogP) is 2.76. The number of likely N-dealkylation sites (tertiary alicyclic amines) is 1. The zero-order valence-corrected chi connectivity index (χ0v) is 16.4. The van der Waals surface area contributed by atoms with Crippen molar-refractivity contribution in [3.63, 3.8) is 0 Å². The number of carbonyl (C=O) groups is 2. The van der Waals surface area contributed by atoms with E-state index < -0.39 is 5.82 Å². The smallest absolute Gasteiger partial charge is 0.253 e. The molecule has 2 saturated heterocycles. The zero-order chi connectivity index (χ0) is 19.9. The second kappa shape index (κ2) is 9.87. The summed E-state index contributed by atoms with van der Waals surface area (Å²) in [7, 11) is 1.40. The Bertz CT molecular complexity index is 683. The topological polar surface area (TPSA) is 67.9 Å². The van der Waals surface area contributed by atoms with Crippen molar-refractivity contribution in [2.24, 2.45) is 5.92 Å². The molecule has 0 aromatic heterocycles. The number of hydrogen-bond acceptors (Lipinski definition) is 4. The van der Waals surface area contributed by atoms with Crippen LogP contribution in [0.15, 0.2) is 18.2 Å². The molecule has 2 fully saturated rings. The Balaban J connectivity index is 1.38. The van der Waals surface area contributed by atoms with Gasteiger partial charge in [0.2, 0.25) is 5.91 Å². The highest BCUT2D eigenvalue weighted by Crippen LogP contribution is 2.24. The zero-order valence-electron chi connectivity index (χ0n) is 16.4. The number of ether oxygens (including phenoxy) is 2. The monoisotopic (exact) mass is 392 g/mol. The predicted molar refractivity (Wildman–Crippen MR) is 103 cm³/mol. The maximum Gasteiger partial charge on any atom is 0.253 e. The Morgan fingerprint density at radius 3 is 2.71 bits per heavy atom. The molecule has 0 aliphatic carbocycles. The molecule has 0 radical (unpaired) electrons. The molecule has 154 valence electrons. The summed E-state index contributed by atoms with van der Waals surface area (Å²) in [4.78, 5) is 26.3. The number of rotatable bonds is 7. The van der Waals surface area contributed by atoms with E-state index in [4.69, 9.17) is 9.47 Å². The molecule has 0 saturated carbocycles. The Hall–Kier alpha value is -2.15. The van der Waals surface area contributed by atoms with Crippen LogP contribution in [0.4, 0.5) is 4.39 Å². The largest absolute Gasteiger partial charge is 0.494 e. The number of halogens is 1. The first-order chi connectivity index (χ1) is 13.6. The third kappa shape index (κ3) is 5.44. The molecule has 3 rings (SSSR count). The second-order valence-corrected chi connectivity index (χ2v) is 7.56. The van der Waals surface area contributed by atoms with Crippen molar-refractivity contribution < 1.29 is 23.5 Å². The second-order valence-electron chi connectivity index (χ2n) is 7.56. The lowest BCUT2D eigenvalue weighted by Gasteiger charge is -2.32. The van der Waals surface area contributed by atoms with Crippen LogP contribution < -0.4 is 10.1 Å². The van der Waals surface area contributed by atoms with Gasteiger partial charge in [0, 0.05) is 38.2 Å². The Kier molecular flexibility index (Phi) is 7.25. The van der Waals surface area contributed by atoms with Gasteiger partial charge in [-0.1, -0.05) is 0 Å². The Morgan fingerprint density at radius 2 is 2.07 bits per heavy atom. The highest BCUT2D eigenvalue weighted by Gasteiger charge is 2.25. The van der Waals surface area contributed by atoms with E-state index >= 15 is 0 Å². The third-order valence-electron chi connectivity index (χ3n) is 5.63. The van der Waals surface area contributed by atoms with Crippen molar-refractivity contribution in [1.29, 1.82) is 0 Å². The summed E-state index contributed by atoms with van der Waals surface area (Å²) in [6.45, 7) is 2.66. The molecule has 6 nitrogen and oxygen atoms in total. The van der Waals surface area contributed by atoms with Crippen LogP contribution in [0.1, 0.15) is 48.9 Å². The fourth-order valence-electron chi connectivity index (χ4n) is 3.86. The fraction of sp³-hybridized carbons (Fsp3) is 0.619. The van der Waals surface area contributed by atoms with Gasteiger partial charge in [0.15, 0.2) is 11.6 Å². The minimum absolute atomic E-state index is 0.0720. The van der Waals surface area contributed by atoms with E-state index in [9.17, 15) is 14.0 Å². The van der Waals surface area contributed by atoms with E-state index in [-0.39, 0.29) is 23.7 Å². The van der Waals surface area contributed by atoms with Crippen molar-refractivity contribution >= 4 is 11.8 Å². The van der Waals surface area contributed by atoms with Crippen LogP contribution in [0.25, 0.3) is 0 Å². The van der Waals surface area contributed by atoms with Crippen molar-refractivity contribution in [2.45, 2.75) is 44.6 Å². The van der Waals surface area contributed by atoms with Crippen LogP contribution in [-0.4, -0.2) is 56.2 Å². The lowest BCUT2D eigenvalue weighted by molar-refractivity contribution is -0.122. The molecular formula is C21H29FN2O4. The van der Waals surface area contributed by atoms with E-state index in [1.807, 2.05) is 0 Å². The average Bonchev–Trinajstić information content (AvgIpc) is 3.24. The van der Waals surface area contributed by atoms with Crippen molar-refractivity contribution in [2.75, 3.05) is 33.4 Å². The average molecular weight is 392 g/mol. The summed E-state index contributed by atoms with van der Waals surface area (Å²) in [6, 6.07) is 4.30. The van der Waals surface area contributed by atoms with E-state index in [2.05, 4.69) is 5.32 Å². The maximum absolute atomic E-state index is 13.8. The van der Waals surface area contributed by atoms with E-state index in [0.717, 1.165) is 38.7 Å². The van der Waals surface area contributed by atoms with Gasteiger partial charge < -0.3 is 19.7 Å².